The van der Waals surface area contributed by atoms with Crippen molar-refractivity contribution in [3.05, 3.63) is 170 Å². The van der Waals surface area contributed by atoms with Crippen molar-refractivity contribution in [2.75, 3.05) is 13.2 Å². The van der Waals surface area contributed by atoms with Gasteiger partial charge in [-0.3, -0.25) is 14.4 Å². The molecule has 80 heavy (non-hydrogen) atoms. The van der Waals surface area contributed by atoms with Crippen LogP contribution < -0.4 is 0 Å². The fraction of sp³-hybridized carbons (Fsp3) is 0.581. The number of carbonyl (C=O) groups is 3. The van der Waals surface area contributed by atoms with Crippen LogP contribution in [0.2, 0.25) is 0 Å². The molecule has 0 rings (SSSR count). The predicted octanol–water partition coefficient (Wildman–Crippen LogP) is 22.3. The van der Waals surface area contributed by atoms with Gasteiger partial charge in [0, 0.05) is 19.3 Å². The van der Waals surface area contributed by atoms with E-state index < -0.39 is 6.10 Å². The molecule has 0 saturated heterocycles. The molecule has 0 bridgehead atoms. The van der Waals surface area contributed by atoms with E-state index in [2.05, 4.69) is 191 Å². The first-order chi connectivity index (χ1) is 39.5. The van der Waals surface area contributed by atoms with Gasteiger partial charge in [0.05, 0.1) is 0 Å². The van der Waals surface area contributed by atoms with E-state index in [0.717, 1.165) is 173 Å². The molecule has 0 fully saturated rings. The second kappa shape index (κ2) is 66.3. The van der Waals surface area contributed by atoms with E-state index >= 15 is 0 Å². The van der Waals surface area contributed by atoms with Gasteiger partial charge in [0.1, 0.15) is 13.2 Å². The first kappa shape index (κ1) is 74.8. The highest BCUT2D eigenvalue weighted by Gasteiger charge is 2.19. The Labute approximate surface area is 492 Å². The Hall–Kier alpha value is -5.23. The van der Waals surface area contributed by atoms with Crippen molar-refractivity contribution < 1.29 is 28.6 Å². The summed E-state index contributed by atoms with van der Waals surface area (Å²) in [6, 6.07) is 0. The van der Waals surface area contributed by atoms with Gasteiger partial charge in [-0.2, -0.15) is 0 Å². The monoisotopic (exact) mass is 1100 g/mol. The highest BCUT2D eigenvalue weighted by atomic mass is 16.6. The lowest BCUT2D eigenvalue weighted by molar-refractivity contribution is -0.167. The first-order valence-corrected chi connectivity index (χ1v) is 32.1. The van der Waals surface area contributed by atoms with Crippen LogP contribution in [0.5, 0.6) is 0 Å². The number of allylic oxidation sites excluding steroid dienone is 28. The molecule has 6 heteroatoms. The van der Waals surface area contributed by atoms with Crippen molar-refractivity contribution in [1.82, 2.24) is 0 Å². The number of ether oxygens (including phenoxy) is 3. The Kier molecular flexibility index (Phi) is 61.9. The highest BCUT2D eigenvalue weighted by Crippen LogP contribution is 2.13. The number of unbranched alkanes of at least 4 members (excludes halogenated alkanes) is 17. The fourth-order valence-electron chi connectivity index (χ4n) is 8.18. The number of rotatable bonds is 56. The van der Waals surface area contributed by atoms with Crippen LogP contribution in [-0.4, -0.2) is 37.2 Å². The minimum absolute atomic E-state index is 0.106. The zero-order valence-corrected chi connectivity index (χ0v) is 51.3. The fourth-order valence-corrected chi connectivity index (χ4v) is 8.18. The summed E-state index contributed by atoms with van der Waals surface area (Å²) in [5.41, 5.74) is 0. The smallest absolute Gasteiger partial charge is 0.306 e. The Balaban J connectivity index is 4.42. The lowest BCUT2D eigenvalue weighted by Gasteiger charge is -2.18. The predicted molar refractivity (Wildman–Crippen MR) is 348 cm³/mol. The average molecular weight is 1100 g/mol. The Morgan fingerprint density at radius 2 is 0.487 bits per heavy atom. The van der Waals surface area contributed by atoms with E-state index in [0.29, 0.717) is 19.3 Å². The molecule has 0 aromatic rings. The molecule has 6 nitrogen and oxygen atoms in total. The maximum absolute atomic E-state index is 12.9. The summed E-state index contributed by atoms with van der Waals surface area (Å²) in [5.74, 6) is -0.969. The normalized spacial score (nSPS) is 13.3. The van der Waals surface area contributed by atoms with Crippen molar-refractivity contribution in [3.8, 4) is 0 Å². The number of esters is 3. The molecule has 0 aliphatic rings. The van der Waals surface area contributed by atoms with E-state index in [4.69, 9.17) is 14.2 Å². The minimum Gasteiger partial charge on any atom is -0.462 e. The second-order valence-corrected chi connectivity index (χ2v) is 20.5. The molecule has 1 atom stereocenters. The van der Waals surface area contributed by atoms with Crippen molar-refractivity contribution in [1.29, 1.82) is 0 Å². The van der Waals surface area contributed by atoms with Crippen molar-refractivity contribution in [2.24, 2.45) is 0 Å². The quantitative estimate of drug-likeness (QED) is 0.0261. The van der Waals surface area contributed by atoms with Crippen LogP contribution >= 0.6 is 0 Å². The zero-order valence-electron chi connectivity index (χ0n) is 51.3. The average Bonchev–Trinajstić information content (AvgIpc) is 3.46. The molecular formula is C74H116O6. The highest BCUT2D eigenvalue weighted by molar-refractivity contribution is 5.71. The molecule has 0 aromatic heterocycles. The molecular weight excluding hydrogens is 985 g/mol. The van der Waals surface area contributed by atoms with E-state index in [1.165, 1.54) is 44.9 Å². The summed E-state index contributed by atoms with van der Waals surface area (Å²) in [4.78, 5) is 38.3. The third kappa shape index (κ3) is 63.6. The molecule has 0 aliphatic heterocycles. The number of carbonyl (C=O) groups excluding carboxylic acids is 3. The van der Waals surface area contributed by atoms with Crippen LogP contribution in [0.1, 0.15) is 258 Å². The van der Waals surface area contributed by atoms with Gasteiger partial charge in [-0.25, -0.2) is 0 Å². The van der Waals surface area contributed by atoms with Crippen LogP contribution in [0.3, 0.4) is 0 Å². The number of hydrogen-bond acceptors (Lipinski definition) is 6. The lowest BCUT2D eigenvalue weighted by Crippen LogP contribution is -2.30. The van der Waals surface area contributed by atoms with Crippen LogP contribution in [0.15, 0.2) is 170 Å². The molecule has 0 radical (unpaired) electrons. The molecule has 0 amide bonds. The Bertz CT molecular complexity index is 1840. The largest absolute Gasteiger partial charge is 0.462 e. The molecule has 1 unspecified atom stereocenters. The minimum atomic E-state index is -0.813. The number of hydrogen-bond donors (Lipinski definition) is 0. The van der Waals surface area contributed by atoms with E-state index in [9.17, 15) is 14.4 Å². The molecule has 0 aliphatic carbocycles. The maximum atomic E-state index is 12.9. The topological polar surface area (TPSA) is 78.9 Å². The summed E-state index contributed by atoms with van der Waals surface area (Å²) in [5, 5.41) is 0. The summed E-state index contributed by atoms with van der Waals surface area (Å²) in [6.45, 7) is 6.33. The van der Waals surface area contributed by atoms with Gasteiger partial charge in [0.2, 0.25) is 0 Å². The van der Waals surface area contributed by atoms with Gasteiger partial charge in [-0.05, 0) is 154 Å². The van der Waals surface area contributed by atoms with Gasteiger partial charge in [0.15, 0.2) is 6.10 Å². The molecule has 0 heterocycles. The van der Waals surface area contributed by atoms with E-state index in [1.807, 2.05) is 0 Å². The lowest BCUT2D eigenvalue weighted by atomic mass is 10.1. The van der Waals surface area contributed by atoms with Crippen LogP contribution in [0.4, 0.5) is 0 Å². The first-order valence-electron chi connectivity index (χ1n) is 32.1. The van der Waals surface area contributed by atoms with Crippen LogP contribution in [0, 0.1) is 0 Å². The molecule has 0 saturated carbocycles. The zero-order chi connectivity index (χ0) is 57.8. The summed E-state index contributed by atoms with van der Waals surface area (Å²) in [7, 11) is 0. The van der Waals surface area contributed by atoms with Gasteiger partial charge in [-0.15, -0.1) is 0 Å². The molecule has 0 N–H and O–H groups in total. The van der Waals surface area contributed by atoms with Crippen LogP contribution in [-0.2, 0) is 28.6 Å². The standard InChI is InChI=1S/C74H116O6/c1-4-7-10-13-16-19-22-25-27-29-31-32-33-34-35-36-37-38-39-40-41-42-44-45-47-49-52-55-58-61-64-67-73(76)79-70-71(69-78-72(75)66-63-60-57-54-51-24-21-18-15-12-9-6-3)80-74(77)68-65-62-59-56-53-50-48-46-43-30-28-26-23-20-17-14-11-8-5-2/h7-8,10-11,16-21,25-28,31-32,34-35,37-38,40-41,43-46,49,52,71H,4-6,9,12-15,22-24,29-30,33,36,39,42,47-48,50-51,53-70H2,1-3H3/b10-7-,11-8-,19-16-,20-17-,21-18-,27-25-,28-26-,32-31-,35-34-,38-37-,41-40-,45-44-,46-43-,52-49-. The Morgan fingerprint density at radius 3 is 0.787 bits per heavy atom. The molecule has 448 valence electrons. The van der Waals surface area contributed by atoms with Gasteiger partial charge >= 0.3 is 17.9 Å². The maximum Gasteiger partial charge on any atom is 0.306 e. The summed E-state index contributed by atoms with van der Waals surface area (Å²) in [6.07, 6.45) is 97.8. The van der Waals surface area contributed by atoms with Crippen molar-refractivity contribution in [2.45, 2.75) is 264 Å². The second-order valence-electron chi connectivity index (χ2n) is 20.5. The van der Waals surface area contributed by atoms with Gasteiger partial charge in [0.25, 0.3) is 0 Å². The third-order valence-electron chi connectivity index (χ3n) is 12.9. The van der Waals surface area contributed by atoms with Crippen molar-refractivity contribution in [3.63, 3.8) is 0 Å². The summed E-state index contributed by atoms with van der Waals surface area (Å²) < 4.78 is 16.9. The molecule has 0 aromatic carbocycles. The SMILES string of the molecule is CC/C=C\C/C=C\C/C=C\C/C=C\C/C=C\C/C=C\C/C=C\C/C=C\C/C=C\CCCCCC(=O)OCC(COC(=O)CCCCCCC/C=C\CCCCC)OC(=O)CCCCCCCC/C=C\C/C=C\C/C=C\C/C=C\CC. The van der Waals surface area contributed by atoms with Gasteiger partial charge < -0.3 is 14.2 Å². The van der Waals surface area contributed by atoms with E-state index in [-0.39, 0.29) is 31.1 Å². The van der Waals surface area contributed by atoms with Gasteiger partial charge in [-0.1, -0.05) is 255 Å². The summed E-state index contributed by atoms with van der Waals surface area (Å²) >= 11 is 0. The third-order valence-corrected chi connectivity index (χ3v) is 12.9. The molecule has 0 spiro atoms. The van der Waals surface area contributed by atoms with E-state index in [1.54, 1.807) is 0 Å². The van der Waals surface area contributed by atoms with Crippen molar-refractivity contribution >= 4 is 17.9 Å². The Morgan fingerprint density at radius 1 is 0.263 bits per heavy atom. The van der Waals surface area contributed by atoms with Crippen LogP contribution in [0.25, 0.3) is 0 Å².